The van der Waals surface area contributed by atoms with Crippen molar-refractivity contribution < 1.29 is 4.74 Å². The van der Waals surface area contributed by atoms with Crippen LogP contribution in [-0.2, 0) is 0 Å². The maximum absolute atomic E-state index is 6.03. The van der Waals surface area contributed by atoms with Gasteiger partial charge in [0, 0.05) is 16.6 Å². The molecule has 3 rings (SSSR count). The second-order valence-electron chi connectivity index (χ2n) is 6.28. The Hall–Kier alpha value is -0.770. The molecule has 1 aromatic carbocycles. The quantitative estimate of drug-likeness (QED) is 0.643. The molecule has 4 unspecified atom stereocenters. The van der Waals surface area contributed by atoms with E-state index in [2.05, 4.69) is 5.43 Å². The number of halogens is 1. The molecule has 20 heavy (non-hydrogen) atoms. The van der Waals surface area contributed by atoms with Gasteiger partial charge < -0.3 is 4.74 Å². The molecular weight excluding hydrogens is 272 g/mol. The number of fused-ring (bicyclic) bond motifs is 2. The molecule has 3 nitrogen and oxygen atoms in total. The Balaban J connectivity index is 1.76. The molecule has 110 valence electrons. The Bertz CT molecular complexity index is 480. The largest absolute Gasteiger partial charge is 0.496 e. The van der Waals surface area contributed by atoms with E-state index in [9.17, 15) is 0 Å². The molecule has 0 aromatic heterocycles. The zero-order chi connectivity index (χ0) is 14.1. The molecule has 3 N–H and O–H groups in total. The first-order valence-electron chi connectivity index (χ1n) is 7.50. The van der Waals surface area contributed by atoms with Gasteiger partial charge in [0.05, 0.1) is 7.11 Å². The summed E-state index contributed by atoms with van der Waals surface area (Å²) in [5.41, 5.74) is 4.09. The SMILES string of the molecule is COc1cc(Cl)ccc1C(CC1CC2CCC1C2)NN. The van der Waals surface area contributed by atoms with Crippen molar-refractivity contribution in [2.24, 2.45) is 23.6 Å². The normalized spacial score (nSPS) is 29.6. The van der Waals surface area contributed by atoms with Gasteiger partial charge in [-0.25, -0.2) is 0 Å². The lowest BCUT2D eigenvalue weighted by Crippen LogP contribution is -2.31. The number of ether oxygens (including phenoxy) is 1. The third-order valence-electron chi connectivity index (χ3n) is 5.20. The van der Waals surface area contributed by atoms with Crippen LogP contribution in [0.2, 0.25) is 5.02 Å². The third-order valence-corrected chi connectivity index (χ3v) is 5.43. The molecule has 4 atom stereocenters. The third kappa shape index (κ3) is 2.67. The highest BCUT2D eigenvalue weighted by Gasteiger charge is 2.40. The number of nitrogens with two attached hydrogens (primary N) is 1. The predicted octanol–water partition coefficient (Wildman–Crippen LogP) is 3.68. The van der Waals surface area contributed by atoms with Gasteiger partial charge >= 0.3 is 0 Å². The minimum absolute atomic E-state index is 0.145. The van der Waals surface area contributed by atoms with Crippen LogP contribution in [0.1, 0.15) is 43.7 Å². The second-order valence-corrected chi connectivity index (χ2v) is 6.71. The Morgan fingerprint density at radius 3 is 2.85 bits per heavy atom. The maximum atomic E-state index is 6.03. The van der Waals surface area contributed by atoms with Gasteiger partial charge in [0.25, 0.3) is 0 Å². The lowest BCUT2D eigenvalue weighted by molar-refractivity contribution is 0.276. The van der Waals surface area contributed by atoms with Gasteiger partial charge in [-0.3, -0.25) is 11.3 Å². The van der Waals surface area contributed by atoms with Crippen molar-refractivity contribution in [1.82, 2.24) is 5.43 Å². The molecule has 0 heterocycles. The van der Waals surface area contributed by atoms with Gasteiger partial charge in [-0.05, 0) is 55.6 Å². The van der Waals surface area contributed by atoms with E-state index in [4.69, 9.17) is 22.2 Å². The van der Waals surface area contributed by atoms with Gasteiger partial charge in [0.15, 0.2) is 0 Å². The van der Waals surface area contributed by atoms with E-state index < -0.39 is 0 Å². The van der Waals surface area contributed by atoms with Crippen LogP contribution in [0, 0.1) is 17.8 Å². The number of hydrogen-bond donors (Lipinski definition) is 2. The van der Waals surface area contributed by atoms with Gasteiger partial charge in [-0.2, -0.15) is 0 Å². The molecule has 0 amide bonds. The molecular formula is C16H23ClN2O. The van der Waals surface area contributed by atoms with Gasteiger partial charge in [-0.15, -0.1) is 0 Å². The molecule has 4 heteroatoms. The summed E-state index contributed by atoms with van der Waals surface area (Å²) in [5.74, 6) is 9.31. The number of rotatable bonds is 5. The van der Waals surface area contributed by atoms with Crippen molar-refractivity contribution in [3.8, 4) is 5.75 Å². The highest BCUT2D eigenvalue weighted by molar-refractivity contribution is 6.30. The minimum atomic E-state index is 0.145. The van der Waals surface area contributed by atoms with Crippen LogP contribution in [0.3, 0.4) is 0 Å². The van der Waals surface area contributed by atoms with E-state index in [1.165, 1.54) is 25.7 Å². The van der Waals surface area contributed by atoms with E-state index >= 15 is 0 Å². The average molecular weight is 295 g/mol. The number of hydrogen-bond acceptors (Lipinski definition) is 3. The van der Waals surface area contributed by atoms with E-state index in [-0.39, 0.29) is 6.04 Å². The highest BCUT2D eigenvalue weighted by atomic mass is 35.5. The first-order valence-corrected chi connectivity index (χ1v) is 7.88. The highest BCUT2D eigenvalue weighted by Crippen LogP contribution is 2.51. The van der Waals surface area contributed by atoms with Crippen LogP contribution < -0.4 is 16.0 Å². The molecule has 2 aliphatic carbocycles. The van der Waals surface area contributed by atoms with Gasteiger partial charge in [0.2, 0.25) is 0 Å². The lowest BCUT2D eigenvalue weighted by atomic mass is 9.83. The maximum Gasteiger partial charge on any atom is 0.125 e. The molecule has 2 aliphatic rings. The van der Waals surface area contributed by atoms with Gasteiger partial charge in [-0.1, -0.05) is 24.1 Å². The van der Waals surface area contributed by atoms with Crippen molar-refractivity contribution in [3.63, 3.8) is 0 Å². The van der Waals surface area contributed by atoms with Crippen LogP contribution in [-0.4, -0.2) is 7.11 Å². The fourth-order valence-electron chi connectivity index (χ4n) is 4.23. The summed E-state index contributed by atoms with van der Waals surface area (Å²) in [4.78, 5) is 0. The number of benzene rings is 1. The van der Waals surface area contributed by atoms with Crippen molar-refractivity contribution in [2.45, 2.75) is 38.1 Å². The molecule has 0 radical (unpaired) electrons. The van der Waals surface area contributed by atoms with Crippen LogP contribution in [0.25, 0.3) is 0 Å². The summed E-state index contributed by atoms with van der Waals surface area (Å²) in [7, 11) is 1.68. The van der Waals surface area contributed by atoms with Crippen molar-refractivity contribution in [3.05, 3.63) is 28.8 Å². The zero-order valence-corrected chi connectivity index (χ0v) is 12.7. The Labute approximate surface area is 125 Å². The standard InChI is InChI=1S/C16H23ClN2O/c1-20-16-9-13(17)4-5-14(16)15(19-18)8-12-7-10-2-3-11(12)6-10/h4-5,9-12,15,19H,2-3,6-8,18H2,1H3. The van der Waals surface area contributed by atoms with Crippen LogP contribution in [0.4, 0.5) is 0 Å². The topological polar surface area (TPSA) is 47.3 Å². The second kappa shape index (κ2) is 5.92. The fraction of sp³-hybridized carbons (Fsp3) is 0.625. The summed E-state index contributed by atoms with van der Waals surface area (Å²) in [6.45, 7) is 0. The lowest BCUT2D eigenvalue weighted by Gasteiger charge is -2.27. The minimum Gasteiger partial charge on any atom is -0.496 e. The summed E-state index contributed by atoms with van der Waals surface area (Å²) in [6, 6.07) is 5.94. The van der Waals surface area contributed by atoms with Crippen LogP contribution in [0.5, 0.6) is 5.75 Å². The van der Waals surface area contributed by atoms with E-state index in [1.54, 1.807) is 7.11 Å². The monoisotopic (exact) mass is 294 g/mol. The van der Waals surface area contributed by atoms with Crippen molar-refractivity contribution in [2.75, 3.05) is 7.11 Å². The van der Waals surface area contributed by atoms with Crippen LogP contribution in [0.15, 0.2) is 18.2 Å². The summed E-state index contributed by atoms with van der Waals surface area (Å²) in [5, 5.41) is 0.696. The van der Waals surface area contributed by atoms with E-state index in [1.807, 2.05) is 18.2 Å². The zero-order valence-electron chi connectivity index (χ0n) is 11.9. The smallest absolute Gasteiger partial charge is 0.125 e. The average Bonchev–Trinajstić information content (AvgIpc) is 3.07. The summed E-state index contributed by atoms with van der Waals surface area (Å²) < 4.78 is 5.46. The molecule has 0 spiro atoms. The summed E-state index contributed by atoms with van der Waals surface area (Å²) >= 11 is 6.03. The Morgan fingerprint density at radius 1 is 1.40 bits per heavy atom. The molecule has 1 aromatic rings. The summed E-state index contributed by atoms with van der Waals surface area (Å²) in [6.07, 6.45) is 6.74. The predicted molar refractivity (Wildman–Crippen MR) is 81.6 cm³/mol. The van der Waals surface area contributed by atoms with E-state index in [0.29, 0.717) is 5.02 Å². The molecule has 2 fully saturated rings. The molecule has 0 aliphatic heterocycles. The van der Waals surface area contributed by atoms with Crippen molar-refractivity contribution >= 4 is 11.6 Å². The van der Waals surface area contributed by atoms with Gasteiger partial charge in [0.1, 0.15) is 5.75 Å². The molecule has 2 saturated carbocycles. The fourth-order valence-corrected chi connectivity index (χ4v) is 4.39. The first kappa shape index (κ1) is 14.2. The van der Waals surface area contributed by atoms with Crippen LogP contribution >= 0.6 is 11.6 Å². The Kier molecular flexibility index (Phi) is 4.20. The first-order chi connectivity index (χ1) is 9.71. The number of methoxy groups -OCH3 is 1. The molecule has 0 saturated heterocycles. The Morgan fingerprint density at radius 2 is 2.25 bits per heavy atom. The van der Waals surface area contributed by atoms with Crippen molar-refractivity contribution in [1.29, 1.82) is 0 Å². The number of nitrogens with one attached hydrogen (secondary N) is 1. The molecule has 2 bridgehead atoms. The van der Waals surface area contributed by atoms with E-state index in [0.717, 1.165) is 35.5 Å². The number of hydrazine groups is 1.